The van der Waals surface area contributed by atoms with Crippen molar-refractivity contribution in [2.75, 3.05) is 12.8 Å². The second-order valence-electron chi connectivity index (χ2n) is 3.06. The first-order valence-corrected chi connectivity index (χ1v) is 6.85. The van der Waals surface area contributed by atoms with E-state index >= 15 is 0 Å². The number of nitrogens with zero attached hydrogens (tertiary/aromatic N) is 1. The van der Waals surface area contributed by atoms with Crippen molar-refractivity contribution in [3.63, 3.8) is 0 Å². The van der Waals surface area contributed by atoms with Gasteiger partial charge in [0.25, 0.3) is 0 Å². The second-order valence-corrected chi connectivity index (χ2v) is 5.38. The van der Waals surface area contributed by atoms with Crippen LogP contribution in [-0.4, -0.2) is 22.9 Å². The van der Waals surface area contributed by atoms with Crippen LogP contribution in [0.2, 0.25) is 0 Å². The Hall–Kier alpha value is -0.740. The topological polar surface area (TPSA) is 68.7 Å². The third-order valence-electron chi connectivity index (χ3n) is 1.91. The minimum absolute atomic E-state index is 0.213. The van der Waals surface area contributed by atoms with Crippen molar-refractivity contribution in [1.29, 1.82) is 0 Å². The Kier molecular flexibility index (Phi) is 5.09. The molecule has 0 fully saturated rings. The van der Waals surface area contributed by atoms with Crippen molar-refractivity contribution < 1.29 is 18.7 Å². The summed E-state index contributed by atoms with van der Waals surface area (Å²) in [5.74, 6) is 0. The van der Waals surface area contributed by atoms with Crippen molar-refractivity contribution in [1.82, 2.24) is 4.98 Å². The maximum absolute atomic E-state index is 11.9. The summed E-state index contributed by atoms with van der Waals surface area (Å²) in [6.07, 6.45) is 0.419. The van der Waals surface area contributed by atoms with Crippen LogP contribution in [0.15, 0.2) is 24.4 Å². The molecule has 0 aliphatic heterocycles. The van der Waals surface area contributed by atoms with Crippen LogP contribution in [0.5, 0.6) is 0 Å². The molecule has 0 aromatic carbocycles. The molecule has 0 aliphatic carbocycles. The summed E-state index contributed by atoms with van der Waals surface area (Å²) in [6.45, 7) is 3.68. The van der Waals surface area contributed by atoms with E-state index in [9.17, 15) is 9.67 Å². The molecular formula is C10H16NO4P. The molecule has 6 heteroatoms. The molecule has 0 saturated heterocycles. The summed E-state index contributed by atoms with van der Waals surface area (Å²) in [5, 5.41) is 9.68. The van der Waals surface area contributed by atoms with E-state index in [-0.39, 0.29) is 12.8 Å². The van der Waals surface area contributed by atoms with E-state index in [1.165, 1.54) is 6.20 Å². The fourth-order valence-corrected chi connectivity index (χ4v) is 2.32. The third-order valence-corrected chi connectivity index (χ3v) is 3.86. The highest BCUT2D eigenvalue weighted by Crippen LogP contribution is 2.50. The van der Waals surface area contributed by atoms with Crippen LogP contribution in [0.4, 0.5) is 0 Å². The summed E-state index contributed by atoms with van der Waals surface area (Å²) in [4.78, 5) is 3.91. The van der Waals surface area contributed by atoms with Crippen LogP contribution in [0.3, 0.4) is 0 Å². The first-order chi connectivity index (χ1) is 7.61. The Morgan fingerprint density at radius 1 is 1.50 bits per heavy atom. The maximum Gasteiger partial charge on any atom is 0.333 e. The normalized spacial score (nSPS) is 16.7. The van der Waals surface area contributed by atoms with E-state index in [4.69, 9.17) is 9.05 Å². The van der Waals surface area contributed by atoms with Gasteiger partial charge < -0.3 is 9.63 Å². The number of pyridine rings is 1. The first kappa shape index (κ1) is 13.3. The number of aliphatic hydroxyl groups excluding tert-OH is 1. The Labute approximate surface area is 95.0 Å². The molecule has 5 nitrogen and oxygen atoms in total. The highest BCUT2D eigenvalue weighted by Gasteiger charge is 2.26. The van der Waals surface area contributed by atoms with Gasteiger partial charge >= 0.3 is 7.60 Å². The van der Waals surface area contributed by atoms with Crippen LogP contribution in [0.1, 0.15) is 25.8 Å². The first-order valence-electron chi connectivity index (χ1n) is 5.12. The number of hydrogen-bond donors (Lipinski definition) is 1. The summed E-state index contributed by atoms with van der Waals surface area (Å²) in [6, 6.07) is 5.03. The van der Waals surface area contributed by atoms with Crippen LogP contribution < -0.4 is 0 Å². The highest BCUT2D eigenvalue weighted by atomic mass is 31.2. The van der Waals surface area contributed by atoms with Crippen LogP contribution in [-0.2, 0) is 13.6 Å². The number of aliphatic hydroxyl groups is 1. The maximum atomic E-state index is 11.9. The van der Waals surface area contributed by atoms with Gasteiger partial charge in [0.1, 0.15) is 0 Å². The zero-order chi connectivity index (χ0) is 12.0. The van der Waals surface area contributed by atoms with E-state index < -0.39 is 13.9 Å². The molecule has 0 unspecified atom stereocenters. The van der Waals surface area contributed by atoms with Gasteiger partial charge in [-0.1, -0.05) is 13.0 Å². The highest BCUT2D eigenvalue weighted by molar-refractivity contribution is 7.53. The predicted octanol–water partition coefficient (Wildman–Crippen LogP) is 2.34. The lowest BCUT2D eigenvalue weighted by Crippen LogP contribution is -2.06. The monoisotopic (exact) mass is 245 g/mol. The number of hydrogen-bond acceptors (Lipinski definition) is 5. The summed E-state index contributed by atoms with van der Waals surface area (Å²) >= 11 is 0. The minimum Gasteiger partial charge on any atom is -0.363 e. The molecule has 0 saturated carbocycles. The standard InChI is InChI=1S/C10H16NO4P/c1-3-14-16(13,4-2)15-10(12)9-7-5-6-8-11-9/h5-8,10,12H,3-4H2,1-2H3/t10-,16-/m1/s1. The average Bonchev–Trinajstić information content (AvgIpc) is 2.30. The molecule has 1 rings (SSSR count). The van der Waals surface area contributed by atoms with E-state index in [2.05, 4.69) is 4.98 Å². The molecule has 1 heterocycles. The Morgan fingerprint density at radius 3 is 2.75 bits per heavy atom. The molecule has 1 aromatic rings. The van der Waals surface area contributed by atoms with Gasteiger partial charge in [0.2, 0.25) is 6.29 Å². The Balaban J connectivity index is 2.70. The minimum atomic E-state index is -3.21. The molecule has 0 spiro atoms. The van der Waals surface area contributed by atoms with Gasteiger partial charge in [0, 0.05) is 12.4 Å². The van der Waals surface area contributed by atoms with Crippen LogP contribution in [0, 0.1) is 0 Å². The molecule has 90 valence electrons. The lowest BCUT2D eigenvalue weighted by atomic mass is 10.3. The third kappa shape index (κ3) is 3.68. The van der Waals surface area contributed by atoms with E-state index in [0.29, 0.717) is 5.69 Å². The zero-order valence-electron chi connectivity index (χ0n) is 9.37. The molecule has 1 N–H and O–H groups in total. The van der Waals surface area contributed by atoms with Gasteiger partial charge in [-0.05, 0) is 19.1 Å². The predicted molar refractivity (Wildman–Crippen MR) is 60.1 cm³/mol. The van der Waals surface area contributed by atoms with Crippen molar-refractivity contribution in [3.05, 3.63) is 30.1 Å². The van der Waals surface area contributed by atoms with Crippen molar-refractivity contribution in [2.24, 2.45) is 0 Å². The Morgan fingerprint density at radius 2 is 2.25 bits per heavy atom. The summed E-state index contributed by atoms with van der Waals surface area (Å²) in [7, 11) is -3.21. The second kappa shape index (κ2) is 6.11. The molecule has 2 atom stereocenters. The molecular weight excluding hydrogens is 229 g/mol. The van der Waals surface area contributed by atoms with Gasteiger partial charge in [-0.25, -0.2) is 0 Å². The van der Waals surface area contributed by atoms with Gasteiger partial charge in [-0.15, -0.1) is 0 Å². The fraction of sp³-hybridized carbons (Fsp3) is 0.500. The van der Waals surface area contributed by atoms with Crippen molar-refractivity contribution in [3.8, 4) is 0 Å². The number of rotatable bonds is 6. The molecule has 0 radical (unpaired) electrons. The van der Waals surface area contributed by atoms with E-state index in [1.54, 1.807) is 32.0 Å². The van der Waals surface area contributed by atoms with Crippen LogP contribution >= 0.6 is 7.60 Å². The smallest absolute Gasteiger partial charge is 0.333 e. The largest absolute Gasteiger partial charge is 0.363 e. The van der Waals surface area contributed by atoms with Crippen LogP contribution in [0.25, 0.3) is 0 Å². The van der Waals surface area contributed by atoms with Gasteiger partial charge in [0.15, 0.2) is 0 Å². The van der Waals surface area contributed by atoms with Gasteiger partial charge in [0.05, 0.1) is 12.3 Å². The quantitative estimate of drug-likeness (QED) is 0.615. The molecule has 16 heavy (non-hydrogen) atoms. The Bertz CT molecular complexity index is 357. The van der Waals surface area contributed by atoms with Crippen molar-refractivity contribution >= 4 is 7.60 Å². The lowest BCUT2D eigenvalue weighted by molar-refractivity contribution is -0.0335. The summed E-state index contributed by atoms with van der Waals surface area (Å²) < 4.78 is 22.0. The SMILES string of the molecule is CCO[P@](=O)(CC)O[C@@H](O)c1ccccn1. The van der Waals surface area contributed by atoms with Gasteiger partial charge in [-0.2, -0.15) is 0 Å². The van der Waals surface area contributed by atoms with E-state index in [1.807, 2.05) is 0 Å². The fourth-order valence-electron chi connectivity index (χ4n) is 1.12. The summed E-state index contributed by atoms with van der Waals surface area (Å²) in [5.41, 5.74) is 0.316. The molecule has 0 amide bonds. The molecule has 0 bridgehead atoms. The van der Waals surface area contributed by atoms with Crippen molar-refractivity contribution in [2.45, 2.75) is 20.1 Å². The lowest BCUT2D eigenvalue weighted by Gasteiger charge is -2.19. The zero-order valence-corrected chi connectivity index (χ0v) is 10.3. The average molecular weight is 245 g/mol. The van der Waals surface area contributed by atoms with E-state index in [0.717, 1.165) is 0 Å². The molecule has 1 aromatic heterocycles. The van der Waals surface area contributed by atoms with Gasteiger partial charge in [-0.3, -0.25) is 14.1 Å². The molecule has 0 aliphatic rings. The number of aromatic nitrogens is 1.